The first kappa shape index (κ1) is 14.0. The molecule has 0 aliphatic rings. The molecule has 0 heterocycles. The van der Waals surface area contributed by atoms with Crippen molar-refractivity contribution in [1.29, 1.82) is 0 Å². The molecule has 0 aromatic heterocycles. The fourth-order valence-electron chi connectivity index (χ4n) is 1.86. The summed E-state index contributed by atoms with van der Waals surface area (Å²) in [6, 6.07) is 5.15. The lowest BCUT2D eigenvalue weighted by atomic mass is 10.1. The van der Waals surface area contributed by atoms with Gasteiger partial charge in [-0.1, -0.05) is 0 Å². The normalized spacial score (nSPS) is 12.2. The van der Waals surface area contributed by atoms with Crippen LogP contribution in [-0.2, 0) is 0 Å². The summed E-state index contributed by atoms with van der Waals surface area (Å²) in [5.41, 5.74) is 0.467. The minimum atomic E-state index is -1.53. The van der Waals surface area contributed by atoms with Gasteiger partial charge in [-0.05, 0) is 19.1 Å². The molecule has 0 aliphatic carbocycles. The molecular formula is C14H12F3NO2. The molecule has 2 rings (SSSR count). The Labute approximate surface area is 113 Å². The second kappa shape index (κ2) is 5.32. The highest BCUT2D eigenvalue weighted by Gasteiger charge is 2.14. The molecule has 0 saturated carbocycles. The molecule has 3 N–H and O–H groups in total. The van der Waals surface area contributed by atoms with E-state index in [1.807, 2.05) is 0 Å². The summed E-state index contributed by atoms with van der Waals surface area (Å²) >= 11 is 0. The van der Waals surface area contributed by atoms with Crippen molar-refractivity contribution in [3.63, 3.8) is 0 Å². The van der Waals surface area contributed by atoms with Gasteiger partial charge in [0.25, 0.3) is 0 Å². The Morgan fingerprint density at radius 2 is 1.60 bits per heavy atom. The van der Waals surface area contributed by atoms with E-state index in [1.54, 1.807) is 6.92 Å². The van der Waals surface area contributed by atoms with Gasteiger partial charge in [-0.25, -0.2) is 13.2 Å². The van der Waals surface area contributed by atoms with Crippen molar-refractivity contribution in [1.82, 2.24) is 0 Å². The highest BCUT2D eigenvalue weighted by molar-refractivity contribution is 5.49. The maximum absolute atomic E-state index is 13.1. The molecule has 6 heteroatoms. The summed E-state index contributed by atoms with van der Waals surface area (Å²) in [7, 11) is 0. The molecule has 0 saturated heterocycles. The van der Waals surface area contributed by atoms with E-state index in [4.69, 9.17) is 0 Å². The van der Waals surface area contributed by atoms with Crippen LogP contribution in [0.25, 0.3) is 0 Å². The van der Waals surface area contributed by atoms with Crippen LogP contribution in [0.3, 0.4) is 0 Å². The predicted octanol–water partition coefficient (Wildman–Crippen LogP) is 3.69. The smallest absolute Gasteiger partial charge is 0.194 e. The van der Waals surface area contributed by atoms with Crippen molar-refractivity contribution in [2.24, 2.45) is 0 Å². The average molecular weight is 283 g/mol. The van der Waals surface area contributed by atoms with Gasteiger partial charge in [0, 0.05) is 29.4 Å². The number of rotatable bonds is 3. The van der Waals surface area contributed by atoms with Crippen LogP contribution in [0.4, 0.5) is 18.9 Å². The number of hydrogen-bond acceptors (Lipinski definition) is 3. The van der Waals surface area contributed by atoms with Crippen molar-refractivity contribution in [2.45, 2.75) is 13.0 Å². The Kier molecular flexibility index (Phi) is 3.74. The summed E-state index contributed by atoms with van der Waals surface area (Å²) in [5, 5.41) is 21.6. The molecule has 3 nitrogen and oxygen atoms in total. The van der Waals surface area contributed by atoms with E-state index in [9.17, 15) is 23.4 Å². The largest absolute Gasteiger partial charge is 0.508 e. The van der Waals surface area contributed by atoms with Crippen molar-refractivity contribution >= 4 is 5.69 Å². The van der Waals surface area contributed by atoms with Gasteiger partial charge in [-0.2, -0.15) is 0 Å². The van der Waals surface area contributed by atoms with Crippen LogP contribution in [0.1, 0.15) is 18.5 Å². The van der Waals surface area contributed by atoms with E-state index >= 15 is 0 Å². The van der Waals surface area contributed by atoms with Crippen LogP contribution in [0, 0.1) is 17.5 Å². The second-order valence-corrected chi connectivity index (χ2v) is 4.36. The molecule has 1 unspecified atom stereocenters. The van der Waals surface area contributed by atoms with E-state index in [1.165, 1.54) is 12.1 Å². The number of aromatic hydroxyl groups is 2. The summed E-state index contributed by atoms with van der Waals surface area (Å²) in [6.45, 7) is 1.64. The van der Waals surface area contributed by atoms with Gasteiger partial charge in [-0.3, -0.25) is 0 Å². The first-order chi connectivity index (χ1) is 9.38. The Morgan fingerprint density at radius 3 is 2.15 bits per heavy atom. The molecule has 20 heavy (non-hydrogen) atoms. The van der Waals surface area contributed by atoms with E-state index < -0.39 is 23.5 Å². The Morgan fingerprint density at radius 1 is 1.00 bits per heavy atom. The highest BCUT2D eigenvalue weighted by atomic mass is 19.2. The molecule has 0 aliphatic heterocycles. The minimum Gasteiger partial charge on any atom is -0.508 e. The summed E-state index contributed by atoms with van der Waals surface area (Å²) in [6.07, 6.45) is 0. The van der Waals surface area contributed by atoms with Gasteiger partial charge in [0.15, 0.2) is 17.5 Å². The standard InChI is InChI=1S/C14H12F3NO2/c1-7(10-3-2-9(19)6-13(10)20)18-8-4-11(15)14(17)12(16)5-8/h2-7,18-20H,1H3. The van der Waals surface area contributed by atoms with E-state index in [0.29, 0.717) is 5.56 Å². The van der Waals surface area contributed by atoms with E-state index in [-0.39, 0.29) is 17.2 Å². The lowest BCUT2D eigenvalue weighted by molar-refractivity contribution is 0.443. The first-order valence-corrected chi connectivity index (χ1v) is 5.81. The van der Waals surface area contributed by atoms with Crippen LogP contribution < -0.4 is 5.32 Å². The third-order valence-electron chi connectivity index (χ3n) is 2.85. The van der Waals surface area contributed by atoms with Gasteiger partial charge in [-0.15, -0.1) is 0 Å². The maximum Gasteiger partial charge on any atom is 0.194 e. The fraction of sp³-hybridized carbons (Fsp3) is 0.143. The van der Waals surface area contributed by atoms with E-state index in [2.05, 4.69) is 5.32 Å². The molecule has 0 spiro atoms. The number of anilines is 1. The Hall–Kier alpha value is -2.37. The summed E-state index contributed by atoms with van der Waals surface area (Å²) in [5.74, 6) is -4.38. The topological polar surface area (TPSA) is 52.5 Å². The Balaban J connectivity index is 2.25. The summed E-state index contributed by atoms with van der Waals surface area (Å²) < 4.78 is 39.0. The van der Waals surface area contributed by atoms with Gasteiger partial charge in [0.1, 0.15) is 11.5 Å². The minimum absolute atomic E-state index is 0.0429. The maximum atomic E-state index is 13.1. The van der Waals surface area contributed by atoms with Crippen molar-refractivity contribution < 1.29 is 23.4 Å². The lowest BCUT2D eigenvalue weighted by Crippen LogP contribution is -2.08. The van der Waals surface area contributed by atoms with Crippen molar-refractivity contribution in [3.8, 4) is 11.5 Å². The monoisotopic (exact) mass is 283 g/mol. The molecule has 0 bridgehead atoms. The van der Waals surface area contributed by atoms with Gasteiger partial charge in [0.2, 0.25) is 0 Å². The SMILES string of the molecule is CC(Nc1cc(F)c(F)c(F)c1)c1ccc(O)cc1O. The van der Waals surface area contributed by atoms with Crippen LogP contribution in [0.15, 0.2) is 30.3 Å². The van der Waals surface area contributed by atoms with E-state index in [0.717, 1.165) is 18.2 Å². The Bertz CT molecular complexity index is 623. The van der Waals surface area contributed by atoms with Crippen molar-refractivity contribution in [2.75, 3.05) is 5.32 Å². The lowest BCUT2D eigenvalue weighted by Gasteiger charge is -2.17. The molecule has 0 fully saturated rings. The molecule has 1 atom stereocenters. The van der Waals surface area contributed by atoms with Crippen LogP contribution in [0.2, 0.25) is 0 Å². The number of halogens is 3. The molecule has 0 amide bonds. The first-order valence-electron chi connectivity index (χ1n) is 5.81. The molecule has 2 aromatic carbocycles. The molecule has 0 radical (unpaired) electrons. The highest BCUT2D eigenvalue weighted by Crippen LogP contribution is 2.30. The zero-order chi connectivity index (χ0) is 14.9. The third kappa shape index (κ3) is 2.79. The average Bonchev–Trinajstić information content (AvgIpc) is 2.35. The quantitative estimate of drug-likeness (QED) is 0.753. The zero-order valence-electron chi connectivity index (χ0n) is 10.5. The fourth-order valence-corrected chi connectivity index (χ4v) is 1.86. The molecule has 2 aromatic rings. The number of phenolic OH excluding ortho intramolecular Hbond substituents is 2. The second-order valence-electron chi connectivity index (χ2n) is 4.36. The van der Waals surface area contributed by atoms with Crippen LogP contribution in [0.5, 0.6) is 11.5 Å². The summed E-state index contributed by atoms with van der Waals surface area (Å²) in [4.78, 5) is 0. The zero-order valence-corrected chi connectivity index (χ0v) is 10.5. The van der Waals surface area contributed by atoms with Crippen molar-refractivity contribution in [3.05, 3.63) is 53.3 Å². The molecular weight excluding hydrogens is 271 g/mol. The van der Waals surface area contributed by atoms with Gasteiger partial charge >= 0.3 is 0 Å². The van der Waals surface area contributed by atoms with Gasteiger partial charge < -0.3 is 15.5 Å². The predicted molar refractivity (Wildman–Crippen MR) is 68.1 cm³/mol. The van der Waals surface area contributed by atoms with Gasteiger partial charge in [0.05, 0.1) is 6.04 Å². The number of nitrogens with one attached hydrogen (secondary N) is 1. The molecule has 106 valence electrons. The number of benzene rings is 2. The van der Waals surface area contributed by atoms with Crippen LogP contribution in [-0.4, -0.2) is 10.2 Å². The number of hydrogen-bond donors (Lipinski definition) is 3. The number of phenols is 2. The van der Waals surface area contributed by atoms with Crippen LogP contribution >= 0.6 is 0 Å². The third-order valence-corrected chi connectivity index (χ3v) is 2.85.